The van der Waals surface area contributed by atoms with Crippen LogP contribution in [0.5, 0.6) is 0 Å². The number of hydrogen-bond donors (Lipinski definition) is 1. The number of nitrogens with two attached hydrogens (primary N) is 1. The first-order valence-corrected chi connectivity index (χ1v) is 5.73. The second-order valence-electron chi connectivity index (χ2n) is 4.57. The lowest BCUT2D eigenvalue weighted by Gasteiger charge is -2.16. The lowest BCUT2D eigenvalue weighted by Crippen LogP contribution is -2.08. The van der Waals surface area contributed by atoms with Crippen LogP contribution in [0.15, 0.2) is 54.6 Å². The molecule has 1 aliphatic rings. The highest BCUT2D eigenvalue weighted by molar-refractivity contribution is 5.49. The van der Waals surface area contributed by atoms with Crippen LogP contribution in [0, 0.1) is 0 Å². The van der Waals surface area contributed by atoms with Crippen molar-refractivity contribution in [3.8, 4) is 0 Å². The molecule has 0 amide bonds. The molecule has 1 saturated carbocycles. The van der Waals surface area contributed by atoms with Crippen molar-refractivity contribution < 1.29 is 0 Å². The van der Waals surface area contributed by atoms with Gasteiger partial charge in [-0.3, -0.25) is 0 Å². The molecular formula is C15H15N. The van der Waals surface area contributed by atoms with Crippen molar-refractivity contribution in [3.63, 3.8) is 0 Å². The van der Waals surface area contributed by atoms with Crippen LogP contribution in [-0.4, -0.2) is 0 Å². The molecule has 0 spiro atoms. The van der Waals surface area contributed by atoms with Crippen LogP contribution in [0.2, 0.25) is 0 Å². The fraction of sp³-hybridized carbons (Fsp3) is 0.200. The number of anilines is 1. The lowest BCUT2D eigenvalue weighted by atomic mass is 9.88. The van der Waals surface area contributed by atoms with E-state index in [9.17, 15) is 0 Å². The summed E-state index contributed by atoms with van der Waals surface area (Å²) < 4.78 is 0. The summed E-state index contributed by atoms with van der Waals surface area (Å²) in [5, 5.41) is 0. The van der Waals surface area contributed by atoms with Gasteiger partial charge in [0.25, 0.3) is 0 Å². The fourth-order valence-corrected chi connectivity index (χ4v) is 2.43. The zero-order valence-corrected chi connectivity index (χ0v) is 9.19. The molecule has 0 atom stereocenters. The first-order valence-electron chi connectivity index (χ1n) is 5.73. The van der Waals surface area contributed by atoms with Gasteiger partial charge in [-0.25, -0.2) is 0 Å². The van der Waals surface area contributed by atoms with Gasteiger partial charge in [0.2, 0.25) is 0 Å². The molecule has 1 fully saturated rings. The van der Waals surface area contributed by atoms with Crippen LogP contribution in [-0.2, 0) is 5.41 Å². The van der Waals surface area contributed by atoms with Gasteiger partial charge in [-0.1, -0.05) is 42.5 Å². The molecule has 80 valence electrons. The molecule has 0 bridgehead atoms. The van der Waals surface area contributed by atoms with Gasteiger partial charge in [0.15, 0.2) is 0 Å². The van der Waals surface area contributed by atoms with Crippen molar-refractivity contribution in [2.24, 2.45) is 0 Å². The Balaban J connectivity index is 2.03. The summed E-state index contributed by atoms with van der Waals surface area (Å²) in [4.78, 5) is 0. The fourth-order valence-electron chi connectivity index (χ4n) is 2.43. The van der Waals surface area contributed by atoms with E-state index in [2.05, 4.69) is 42.5 Å². The Morgan fingerprint density at radius 1 is 0.750 bits per heavy atom. The summed E-state index contributed by atoms with van der Waals surface area (Å²) in [6.07, 6.45) is 2.50. The van der Waals surface area contributed by atoms with Crippen LogP contribution < -0.4 is 5.73 Å². The second kappa shape index (κ2) is 3.38. The number of nitrogen functional groups attached to an aromatic ring is 1. The lowest BCUT2D eigenvalue weighted by molar-refractivity contribution is 0.848. The average Bonchev–Trinajstić information content (AvgIpc) is 3.13. The van der Waals surface area contributed by atoms with Crippen LogP contribution in [0.1, 0.15) is 24.0 Å². The van der Waals surface area contributed by atoms with E-state index in [4.69, 9.17) is 5.73 Å². The topological polar surface area (TPSA) is 26.0 Å². The van der Waals surface area contributed by atoms with E-state index in [0.717, 1.165) is 5.69 Å². The van der Waals surface area contributed by atoms with Gasteiger partial charge < -0.3 is 5.73 Å². The van der Waals surface area contributed by atoms with Crippen LogP contribution >= 0.6 is 0 Å². The van der Waals surface area contributed by atoms with Crippen molar-refractivity contribution >= 4 is 5.69 Å². The van der Waals surface area contributed by atoms with Gasteiger partial charge in [0, 0.05) is 11.1 Å². The van der Waals surface area contributed by atoms with E-state index in [1.54, 1.807) is 0 Å². The minimum Gasteiger partial charge on any atom is -0.399 e. The van der Waals surface area contributed by atoms with E-state index in [1.165, 1.54) is 24.0 Å². The molecule has 2 N–H and O–H groups in total. The van der Waals surface area contributed by atoms with Crippen molar-refractivity contribution in [2.45, 2.75) is 18.3 Å². The smallest absolute Gasteiger partial charge is 0.0314 e. The molecular weight excluding hydrogens is 194 g/mol. The maximum Gasteiger partial charge on any atom is 0.0314 e. The summed E-state index contributed by atoms with van der Waals surface area (Å²) in [6, 6.07) is 19.1. The predicted molar refractivity (Wildman–Crippen MR) is 67.3 cm³/mol. The number of benzene rings is 2. The SMILES string of the molecule is Nc1ccc(C2(c3ccccc3)CC2)cc1. The maximum absolute atomic E-state index is 5.73. The highest BCUT2D eigenvalue weighted by Crippen LogP contribution is 2.53. The Labute approximate surface area is 95.9 Å². The minimum absolute atomic E-state index is 0.273. The molecule has 1 aliphatic carbocycles. The third kappa shape index (κ3) is 1.40. The highest BCUT2D eigenvalue weighted by Gasteiger charge is 2.45. The average molecular weight is 209 g/mol. The summed E-state index contributed by atoms with van der Waals surface area (Å²) in [5.74, 6) is 0. The largest absolute Gasteiger partial charge is 0.399 e. The monoisotopic (exact) mass is 209 g/mol. The van der Waals surface area contributed by atoms with E-state index < -0.39 is 0 Å². The molecule has 2 aromatic rings. The molecule has 0 aliphatic heterocycles. The van der Waals surface area contributed by atoms with Crippen LogP contribution in [0.4, 0.5) is 5.69 Å². The Morgan fingerprint density at radius 2 is 1.31 bits per heavy atom. The minimum atomic E-state index is 0.273. The molecule has 2 aromatic carbocycles. The summed E-state index contributed by atoms with van der Waals surface area (Å²) in [5.41, 5.74) is 9.67. The quantitative estimate of drug-likeness (QED) is 0.754. The Morgan fingerprint density at radius 3 is 1.88 bits per heavy atom. The molecule has 3 rings (SSSR count). The first-order chi connectivity index (χ1) is 7.81. The molecule has 0 saturated heterocycles. The molecule has 0 radical (unpaired) electrons. The molecule has 0 heterocycles. The van der Waals surface area contributed by atoms with Gasteiger partial charge in [-0.05, 0) is 36.1 Å². The van der Waals surface area contributed by atoms with Crippen molar-refractivity contribution in [1.29, 1.82) is 0 Å². The summed E-state index contributed by atoms with van der Waals surface area (Å²) >= 11 is 0. The third-order valence-corrected chi connectivity index (χ3v) is 3.54. The normalized spacial score (nSPS) is 17.0. The van der Waals surface area contributed by atoms with Gasteiger partial charge >= 0.3 is 0 Å². The highest BCUT2D eigenvalue weighted by atomic mass is 14.5. The van der Waals surface area contributed by atoms with Gasteiger partial charge in [0.1, 0.15) is 0 Å². The first kappa shape index (κ1) is 9.46. The third-order valence-electron chi connectivity index (χ3n) is 3.54. The van der Waals surface area contributed by atoms with Gasteiger partial charge in [-0.2, -0.15) is 0 Å². The Bertz CT molecular complexity index is 481. The maximum atomic E-state index is 5.73. The second-order valence-corrected chi connectivity index (χ2v) is 4.57. The molecule has 1 heteroatoms. The molecule has 0 unspecified atom stereocenters. The standard InChI is InChI=1S/C15H15N/c16-14-8-6-13(7-9-14)15(10-11-15)12-4-2-1-3-5-12/h1-9H,10-11,16H2. The zero-order chi connectivity index (χ0) is 11.0. The van der Waals surface area contributed by atoms with Gasteiger partial charge in [-0.15, -0.1) is 0 Å². The van der Waals surface area contributed by atoms with E-state index >= 15 is 0 Å². The van der Waals surface area contributed by atoms with Crippen molar-refractivity contribution in [3.05, 3.63) is 65.7 Å². The van der Waals surface area contributed by atoms with E-state index in [1.807, 2.05) is 12.1 Å². The molecule has 16 heavy (non-hydrogen) atoms. The Hall–Kier alpha value is -1.76. The van der Waals surface area contributed by atoms with E-state index in [0.29, 0.717) is 0 Å². The molecule has 0 aromatic heterocycles. The number of rotatable bonds is 2. The van der Waals surface area contributed by atoms with Crippen LogP contribution in [0.25, 0.3) is 0 Å². The zero-order valence-electron chi connectivity index (χ0n) is 9.19. The summed E-state index contributed by atoms with van der Waals surface area (Å²) in [6.45, 7) is 0. The predicted octanol–water partition coefficient (Wildman–Crippen LogP) is 3.35. The van der Waals surface area contributed by atoms with Crippen LogP contribution in [0.3, 0.4) is 0 Å². The molecule has 1 nitrogen and oxygen atoms in total. The van der Waals surface area contributed by atoms with Gasteiger partial charge in [0.05, 0.1) is 0 Å². The van der Waals surface area contributed by atoms with Crippen molar-refractivity contribution in [2.75, 3.05) is 5.73 Å². The van der Waals surface area contributed by atoms with E-state index in [-0.39, 0.29) is 5.41 Å². The summed E-state index contributed by atoms with van der Waals surface area (Å²) in [7, 11) is 0. The van der Waals surface area contributed by atoms with Crippen molar-refractivity contribution in [1.82, 2.24) is 0 Å². The number of hydrogen-bond acceptors (Lipinski definition) is 1. The Kier molecular flexibility index (Phi) is 2.00.